The van der Waals surface area contributed by atoms with Gasteiger partial charge in [0.15, 0.2) is 0 Å². The molecule has 0 saturated carbocycles. The lowest BCUT2D eigenvalue weighted by Gasteiger charge is -2.15. The van der Waals surface area contributed by atoms with Gasteiger partial charge < -0.3 is 9.31 Å². The first-order chi connectivity index (χ1) is 9.95. The molecule has 0 amide bonds. The van der Waals surface area contributed by atoms with Crippen LogP contribution in [0, 0.1) is 0 Å². The first kappa shape index (κ1) is 14.2. The van der Waals surface area contributed by atoms with Crippen LogP contribution in [0.15, 0.2) is 60.9 Å². The minimum Gasteiger partial charge on any atom is -0.534 e. The van der Waals surface area contributed by atoms with Crippen molar-refractivity contribution in [2.45, 2.75) is 19.4 Å². The van der Waals surface area contributed by atoms with E-state index in [4.69, 9.17) is 20.9 Å². The maximum atomic E-state index is 5.91. The zero-order valence-corrected chi connectivity index (χ0v) is 12.9. The van der Waals surface area contributed by atoms with Crippen LogP contribution in [0.25, 0.3) is 11.1 Å². The highest BCUT2D eigenvalue weighted by molar-refractivity contribution is 6.62. The van der Waals surface area contributed by atoms with Gasteiger partial charge in [-0.05, 0) is 42.6 Å². The van der Waals surface area contributed by atoms with E-state index in [1.54, 1.807) is 0 Å². The molecule has 0 atom stereocenters. The Morgan fingerprint density at radius 3 is 1.95 bits per heavy atom. The largest absolute Gasteiger partial charge is 0.563 e. The van der Waals surface area contributed by atoms with Crippen molar-refractivity contribution in [3.8, 4) is 11.1 Å². The highest BCUT2D eigenvalue weighted by Gasteiger charge is 2.42. The Kier molecular flexibility index (Phi) is 3.56. The molecule has 1 aliphatic rings. The molecule has 1 aliphatic heterocycles. The molecule has 0 radical (unpaired) electrons. The van der Waals surface area contributed by atoms with E-state index in [1.165, 1.54) is 0 Å². The van der Waals surface area contributed by atoms with E-state index in [0.29, 0.717) is 5.76 Å². The lowest BCUT2D eigenvalue weighted by molar-refractivity contribution is 0.173. The summed E-state index contributed by atoms with van der Waals surface area (Å²) in [5, 5.41) is 0.740. The third kappa shape index (κ3) is 2.85. The lowest BCUT2D eigenvalue weighted by atomic mass is 9.78. The fourth-order valence-electron chi connectivity index (χ4n) is 2.24. The first-order valence-corrected chi connectivity index (χ1v) is 7.23. The van der Waals surface area contributed by atoms with E-state index in [1.807, 2.05) is 50.2 Å². The van der Waals surface area contributed by atoms with Gasteiger partial charge >= 0.3 is 7.12 Å². The smallest absolute Gasteiger partial charge is 0.534 e. The quantitative estimate of drug-likeness (QED) is 0.779. The van der Waals surface area contributed by atoms with Gasteiger partial charge in [-0.3, -0.25) is 0 Å². The van der Waals surface area contributed by atoms with Crippen LogP contribution in [0.5, 0.6) is 0 Å². The van der Waals surface area contributed by atoms with Gasteiger partial charge in [0.05, 0.1) is 5.76 Å². The summed E-state index contributed by atoms with van der Waals surface area (Å²) in [6, 6.07) is 15.9. The van der Waals surface area contributed by atoms with Crippen LogP contribution in [-0.2, 0) is 9.31 Å². The normalized spacial score (nSPS) is 16.9. The fraction of sp³-hybridized carbons (Fsp3) is 0.176. The third-order valence-corrected chi connectivity index (χ3v) is 3.93. The van der Waals surface area contributed by atoms with Gasteiger partial charge in [0.25, 0.3) is 0 Å². The second-order valence-corrected chi connectivity index (χ2v) is 6.07. The average Bonchev–Trinajstić information content (AvgIpc) is 2.74. The Morgan fingerprint density at radius 2 is 1.48 bits per heavy atom. The molecule has 21 heavy (non-hydrogen) atoms. The fourth-order valence-corrected chi connectivity index (χ4v) is 2.37. The molecule has 1 saturated heterocycles. The molecule has 106 valence electrons. The van der Waals surface area contributed by atoms with E-state index in [-0.39, 0.29) is 7.12 Å². The Hall–Kier alpha value is -1.71. The van der Waals surface area contributed by atoms with Crippen molar-refractivity contribution < 1.29 is 9.31 Å². The minimum atomic E-state index is -0.445. The molecule has 1 fully saturated rings. The number of rotatable bonds is 2. The van der Waals surface area contributed by atoms with E-state index < -0.39 is 5.60 Å². The van der Waals surface area contributed by atoms with Crippen molar-refractivity contribution in [2.75, 3.05) is 0 Å². The summed E-state index contributed by atoms with van der Waals surface area (Å²) < 4.78 is 11.6. The summed E-state index contributed by atoms with van der Waals surface area (Å²) in [6.45, 7) is 7.81. The molecule has 0 bridgehead atoms. The lowest BCUT2D eigenvalue weighted by Crippen LogP contribution is -2.34. The monoisotopic (exact) mass is 298 g/mol. The Labute approximate surface area is 130 Å². The summed E-state index contributed by atoms with van der Waals surface area (Å²) in [7, 11) is -0.383. The van der Waals surface area contributed by atoms with Crippen molar-refractivity contribution in [2.24, 2.45) is 0 Å². The van der Waals surface area contributed by atoms with Gasteiger partial charge in [0.1, 0.15) is 5.60 Å². The van der Waals surface area contributed by atoms with Crippen molar-refractivity contribution >= 4 is 24.2 Å². The summed E-state index contributed by atoms with van der Waals surface area (Å²) in [5.41, 5.74) is 2.80. The maximum Gasteiger partial charge on any atom is 0.563 e. The van der Waals surface area contributed by atoms with Crippen LogP contribution in [0.1, 0.15) is 13.8 Å². The number of hydrogen-bond donors (Lipinski definition) is 0. The Bertz CT molecular complexity index is 662. The highest BCUT2D eigenvalue weighted by atomic mass is 35.5. The van der Waals surface area contributed by atoms with E-state index >= 15 is 0 Å². The van der Waals surface area contributed by atoms with Crippen LogP contribution in [0.2, 0.25) is 5.02 Å². The Balaban J connectivity index is 1.82. The minimum absolute atomic E-state index is 0.383. The summed E-state index contributed by atoms with van der Waals surface area (Å²) in [4.78, 5) is 0. The van der Waals surface area contributed by atoms with Crippen LogP contribution >= 0.6 is 11.6 Å². The molecule has 4 heteroatoms. The number of halogens is 1. The third-order valence-electron chi connectivity index (χ3n) is 3.68. The van der Waals surface area contributed by atoms with Crippen LogP contribution in [0.4, 0.5) is 0 Å². The molecule has 0 N–H and O–H groups in total. The number of benzene rings is 2. The molecule has 2 nitrogen and oxygen atoms in total. The summed E-state index contributed by atoms with van der Waals surface area (Å²) >= 11 is 5.91. The maximum absolute atomic E-state index is 5.91. The molecular weight excluding hydrogens is 282 g/mol. The second-order valence-electron chi connectivity index (χ2n) is 5.63. The number of hydrogen-bond acceptors (Lipinski definition) is 2. The highest BCUT2D eigenvalue weighted by Crippen LogP contribution is 2.29. The van der Waals surface area contributed by atoms with Crippen molar-refractivity contribution in [1.29, 1.82) is 0 Å². The van der Waals surface area contributed by atoms with Gasteiger partial charge in [-0.15, -0.1) is 0 Å². The van der Waals surface area contributed by atoms with Crippen LogP contribution in [-0.4, -0.2) is 12.7 Å². The van der Waals surface area contributed by atoms with E-state index in [9.17, 15) is 0 Å². The summed E-state index contributed by atoms with van der Waals surface area (Å²) in [5.74, 6) is 0.661. The molecule has 0 aromatic heterocycles. The van der Waals surface area contributed by atoms with Crippen LogP contribution in [0.3, 0.4) is 0 Å². The van der Waals surface area contributed by atoms with E-state index in [0.717, 1.165) is 21.6 Å². The first-order valence-electron chi connectivity index (χ1n) is 6.85. The standard InChI is InChI=1S/C17H16BClO2/c1-12-17(2,3)21-18(20-12)15-8-4-13(5-9-15)14-6-10-16(19)11-7-14/h4-11H,1H2,2-3H3. The zero-order chi connectivity index (χ0) is 15.0. The van der Waals surface area contributed by atoms with Gasteiger partial charge in [0, 0.05) is 5.02 Å². The van der Waals surface area contributed by atoms with Gasteiger partial charge in [-0.2, -0.15) is 0 Å². The molecule has 0 aliphatic carbocycles. The van der Waals surface area contributed by atoms with Gasteiger partial charge in [0.2, 0.25) is 0 Å². The molecular formula is C17H16BClO2. The molecule has 3 rings (SSSR count). The average molecular weight is 299 g/mol. The topological polar surface area (TPSA) is 18.5 Å². The van der Waals surface area contributed by atoms with E-state index in [2.05, 4.69) is 18.7 Å². The predicted octanol–water partition coefficient (Wildman–Crippen LogP) is 4.04. The van der Waals surface area contributed by atoms with Crippen LogP contribution < -0.4 is 5.46 Å². The molecule has 1 heterocycles. The zero-order valence-electron chi connectivity index (χ0n) is 12.1. The molecule has 0 spiro atoms. The molecule has 2 aromatic rings. The van der Waals surface area contributed by atoms with Crippen molar-refractivity contribution in [1.82, 2.24) is 0 Å². The molecule has 0 unspecified atom stereocenters. The van der Waals surface area contributed by atoms with Crippen molar-refractivity contribution in [3.05, 3.63) is 65.9 Å². The summed E-state index contributed by atoms with van der Waals surface area (Å²) in [6.07, 6.45) is 0. The van der Waals surface area contributed by atoms with Gasteiger partial charge in [-0.25, -0.2) is 0 Å². The SMILES string of the molecule is C=C1OB(c2ccc(-c3ccc(Cl)cc3)cc2)OC1(C)C. The second kappa shape index (κ2) is 5.25. The van der Waals surface area contributed by atoms with Crippen molar-refractivity contribution in [3.63, 3.8) is 0 Å². The predicted molar refractivity (Wildman–Crippen MR) is 87.7 cm³/mol. The van der Waals surface area contributed by atoms with Gasteiger partial charge in [-0.1, -0.05) is 54.6 Å². The Morgan fingerprint density at radius 1 is 0.952 bits per heavy atom. The molecule has 2 aromatic carbocycles.